The van der Waals surface area contributed by atoms with E-state index in [1.165, 1.54) is 26.0 Å². The number of nitriles is 2. The van der Waals surface area contributed by atoms with Crippen LogP contribution < -0.4 is 0 Å². The fraction of sp³-hybridized carbons (Fsp3) is 0.429. The Balaban J connectivity index is 5.03. The number of nitrogens with zero attached hydrogens (tertiary/aromatic N) is 2. The second-order valence-corrected chi connectivity index (χ2v) is 3.77. The second-order valence-electron chi connectivity index (χ2n) is 3.77. The Bertz CT molecular complexity index is 517. The summed E-state index contributed by atoms with van der Waals surface area (Å²) in [6, 6.07) is 3.08. The average molecular weight is 306 g/mol. The van der Waals surface area contributed by atoms with Crippen LogP contribution in [-0.2, 0) is 28.7 Å². The number of esters is 2. The molecule has 0 saturated heterocycles. The molecule has 0 radical (unpaired) electrons. The van der Waals surface area contributed by atoms with Crippen molar-refractivity contribution >= 4 is 23.5 Å². The van der Waals surface area contributed by atoms with Crippen LogP contribution in [-0.4, -0.2) is 36.7 Å². The average Bonchev–Trinajstić information content (AvgIpc) is 2.51. The fourth-order valence-corrected chi connectivity index (χ4v) is 1.26. The van der Waals surface area contributed by atoms with Gasteiger partial charge < -0.3 is 9.47 Å². The van der Waals surface area contributed by atoms with Crippen LogP contribution in [0, 0.1) is 34.5 Å². The second kappa shape index (κ2) is 9.83. The topological polar surface area (TPSA) is 134 Å². The Morgan fingerprint density at radius 2 is 1.18 bits per heavy atom. The number of carbonyl (C=O) groups excluding carboxylic acids is 4. The molecule has 22 heavy (non-hydrogen) atoms. The minimum Gasteiger partial charge on any atom is -0.460 e. The fourth-order valence-electron chi connectivity index (χ4n) is 1.26. The summed E-state index contributed by atoms with van der Waals surface area (Å²) in [5.41, 5.74) is 0. The lowest BCUT2D eigenvalue weighted by Gasteiger charge is -2.05. The van der Waals surface area contributed by atoms with Crippen molar-refractivity contribution in [2.24, 2.45) is 11.8 Å². The molecule has 0 aliphatic carbocycles. The van der Waals surface area contributed by atoms with Gasteiger partial charge in [0.1, 0.15) is 11.8 Å². The summed E-state index contributed by atoms with van der Waals surface area (Å²) >= 11 is 0. The number of ether oxygens (including phenoxy) is 2. The molecule has 116 valence electrons. The van der Waals surface area contributed by atoms with Crippen molar-refractivity contribution in [2.75, 3.05) is 13.2 Å². The van der Waals surface area contributed by atoms with E-state index >= 15 is 0 Å². The van der Waals surface area contributed by atoms with Crippen molar-refractivity contribution in [2.45, 2.75) is 13.8 Å². The largest absolute Gasteiger partial charge is 0.460 e. The molecule has 0 fully saturated rings. The van der Waals surface area contributed by atoms with Gasteiger partial charge in [0.15, 0.2) is 0 Å². The zero-order valence-electron chi connectivity index (χ0n) is 12.1. The Labute approximate surface area is 126 Å². The quantitative estimate of drug-likeness (QED) is 0.349. The highest BCUT2D eigenvalue weighted by molar-refractivity contribution is 6.36. The van der Waals surface area contributed by atoms with Gasteiger partial charge in [0, 0.05) is 0 Å². The van der Waals surface area contributed by atoms with Crippen LogP contribution in [0.4, 0.5) is 0 Å². The minimum absolute atomic E-state index is 0.0331. The number of Topliss-reactive ketones (excluding diaryl/α,β-unsaturated/α-hetero) is 2. The smallest absolute Gasteiger partial charge is 0.376 e. The summed E-state index contributed by atoms with van der Waals surface area (Å²) in [5, 5.41) is 17.7. The van der Waals surface area contributed by atoms with Crippen LogP contribution in [0.25, 0.3) is 0 Å². The van der Waals surface area contributed by atoms with Crippen molar-refractivity contribution in [3.8, 4) is 12.1 Å². The summed E-state index contributed by atoms with van der Waals surface area (Å²) in [6.07, 6.45) is 1.81. The van der Waals surface area contributed by atoms with Crippen LogP contribution in [0.2, 0.25) is 0 Å². The molecule has 0 aromatic rings. The lowest BCUT2D eigenvalue weighted by molar-refractivity contribution is -0.154. The zero-order chi connectivity index (χ0) is 17.1. The number of hydrogen-bond donors (Lipinski definition) is 0. The maximum atomic E-state index is 11.6. The lowest BCUT2D eigenvalue weighted by atomic mass is 10.00. The van der Waals surface area contributed by atoms with Crippen LogP contribution >= 0.6 is 0 Å². The highest BCUT2D eigenvalue weighted by atomic mass is 16.5. The van der Waals surface area contributed by atoms with Crippen molar-refractivity contribution < 1.29 is 28.7 Å². The van der Waals surface area contributed by atoms with E-state index in [1.54, 1.807) is 0 Å². The predicted octanol–water partition coefficient (Wildman–Crippen LogP) is 0.0866. The van der Waals surface area contributed by atoms with Crippen molar-refractivity contribution in [1.82, 2.24) is 0 Å². The van der Waals surface area contributed by atoms with Gasteiger partial charge in [-0.1, -0.05) is 12.2 Å². The third kappa shape index (κ3) is 5.55. The van der Waals surface area contributed by atoms with Crippen LogP contribution in [0.3, 0.4) is 0 Å². The SMILES string of the molecule is CCOC(=O)C(=O)C(C#N)/C=C/C(C#N)C(=O)C(=O)OCC. The van der Waals surface area contributed by atoms with Gasteiger partial charge >= 0.3 is 11.9 Å². The van der Waals surface area contributed by atoms with Crippen LogP contribution in [0.5, 0.6) is 0 Å². The van der Waals surface area contributed by atoms with E-state index in [2.05, 4.69) is 9.47 Å². The molecule has 0 rings (SSSR count). The van der Waals surface area contributed by atoms with Crippen molar-refractivity contribution in [3.63, 3.8) is 0 Å². The predicted molar refractivity (Wildman–Crippen MR) is 70.6 cm³/mol. The number of ketones is 2. The molecule has 8 nitrogen and oxygen atoms in total. The van der Waals surface area contributed by atoms with Gasteiger partial charge in [-0.2, -0.15) is 10.5 Å². The summed E-state index contributed by atoms with van der Waals surface area (Å²) in [4.78, 5) is 45.6. The van der Waals surface area contributed by atoms with Gasteiger partial charge in [-0.15, -0.1) is 0 Å². The Kier molecular flexibility index (Phi) is 8.49. The number of hydrogen-bond acceptors (Lipinski definition) is 8. The number of allylic oxidation sites excluding steroid dienone is 2. The summed E-state index contributed by atoms with van der Waals surface area (Å²) in [7, 11) is 0. The molecule has 0 aromatic carbocycles. The van der Waals surface area contributed by atoms with E-state index in [9.17, 15) is 19.2 Å². The maximum absolute atomic E-state index is 11.6. The van der Waals surface area contributed by atoms with E-state index in [0.29, 0.717) is 0 Å². The molecule has 0 aromatic heterocycles. The molecule has 0 aliphatic heterocycles. The molecule has 0 heterocycles. The van der Waals surface area contributed by atoms with Crippen LogP contribution in [0.1, 0.15) is 13.8 Å². The molecule has 0 amide bonds. The number of carbonyl (C=O) groups is 4. The normalized spacial score (nSPS) is 12.5. The standard InChI is InChI=1S/C14H14N2O6/c1-3-21-13(19)11(17)9(7-15)5-6-10(8-16)12(18)14(20)22-4-2/h5-6,9-10H,3-4H2,1-2H3/b6-5+. The van der Waals surface area contributed by atoms with E-state index in [0.717, 1.165) is 12.2 Å². The molecule has 0 bridgehead atoms. The zero-order valence-corrected chi connectivity index (χ0v) is 12.1. The first-order valence-corrected chi connectivity index (χ1v) is 6.32. The summed E-state index contributed by atoms with van der Waals surface area (Å²) < 4.78 is 8.92. The molecule has 0 saturated carbocycles. The van der Waals surface area contributed by atoms with Gasteiger partial charge in [-0.05, 0) is 13.8 Å². The maximum Gasteiger partial charge on any atom is 0.376 e. The molecular formula is C14H14N2O6. The Morgan fingerprint density at radius 3 is 1.41 bits per heavy atom. The lowest BCUT2D eigenvalue weighted by Crippen LogP contribution is -2.26. The van der Waals surface area contributed by atoms with E-state index < -0.39 is 35.3 Å². The highest BCUT2D eigenvalue weighted by Crippen LogP contribution is 2.07. The summed E-state index contributed by atoms with van der Waals surface area (Å²) in [5.74, 6) is -7.65. The third-order valence-corrected chi connectivity index (χ3v) is 2.29. The van der Waals surface area contributed by atoms with Crippen molar-refractivity contribution in [3.05, 3.63) is 12.2 Å². The van der Waals surface area contributed by atoms with Crippen LogP contribution in [0.15, 0.2) is 12.2 Å². The van der Waals surface area contributed by atoms with Gasteiger partial charge in [0.25, 0.3) is 11.6 Å². The molecule has 0 aliphatic rings. The monoisotopic (exact) mass is 306 g/mol. The first kappa shape index (κ1) is 19.0. The first-order valence-electron chi connectivity index (χ1n) is 6.32. The van der Waals surface area contributed by atoms with Crippen molar-refractivity contribution in [1.29, 1.82) is 10.5 Å². The van der Waals surface area contributed by atoms with Gasteiger partial charge in [-0.3, -0.25) is 9.59 Å². The first-order chi connectivity index (χ1) is 10.4. The molecule has 0 spiro atoms. The van der Waals surface area contributed by atoms with E-state index in [-0.39, 0.29) is 13.2 Å². The molecule has 8 heteroatoms. The molecule has 2 atom stereocenters. The van der Waals surface area contributed by atoms with E-state index in [1.807, 2.05) is 0 Å². The summed E-state index contributed by atoms with van der Waals surface area (Å²) in [6.45, 7) is 2.92. The number of rotatable bonds is 8. The van der Waals surface area contributed by atoms with Gasteiger partial charge in [-0.25, -0.2) is 9.59 Å². The van der Waals surface area contributed by atoms with E-state index in [4.69, 9.17) is 10.5 Å². The molecule has 2 unspecified atom stereocenters. The van der Waals surface area contributed by atoms with Gasteiger partial charge in [0.2, 0.25) is 0 Å². The van der Waals surface area contributed by atoms with Gasteiger partial charge in [0.05, 0.1) is 25.4 Å². The molecular weight excluding hydrogens is 292 g/mol. The third-order valence-electron chi connectivity index (χ3n) is 2.29. The highest BCUT2D eigenvalue weighted by Gasteiger charge is 2.27. The molecule has 0 N–H and O–H groups in total. The Hall–Kier alpha value is -3.00. The Morgan fingerprint density at radius 1 is 0.864 bits per heavy atom. The minimum atomic E-state index is -1.51.